The van der Waals surface area contributed by atoms with Gasteiger partial charge in [0.25, 0.3) is 0 Å². The van der Waals surface area contributed by atoms with Gasteiger partial charge in [0, 0.05) is 23.5 Å². The number of carbonyl (C=O) groups is 1. The molecule has 9 heteroatoms. The van der Waals surface area contributed by atoms with Crippen LogP contribution in [0.15, 0.2) is 42.5 Å². The quantitative estimate of drug-likeness (QED) is 0.403. The number of halogens is 3. The van der Waals surface area contributed by atoms with Crippen LogP contribution in [0.1, 0.15) is 12.8 Å². The first-order chi connectivity index (χ1) is 14.9. The fourth-order valence-corrected chi connectivity index (χ4v) is 4.53. The second kappa shape index (κ2) is 7.86. The first kappa shape index (κ1) is 20.4. The number of anilines is 1. The highest BCUT2D eigenvalue weighted by atomic mass is 35.5. The SMILES string of the molecule is O=C(O)C1CCN(c2nc3cc(Cl)c(Cl)cc3n2-c2ccc3cc(Cl)ccc3n2)CC1. The molecule has 1 aliphatic rings. The van der Waals surface area contributed by atoms with E-state index in [4.69, 9.17) is 44.8 Å². The molecule has 0 saturated carbocycles. The number of imidazole rings is 1. The number of aromatic nitrogens is 3. The Labute approximate surface area is 193 Å². The Morgan fingerprint density at radius 2 is 1.68 bits per heavy atom. The molecule has 0 spiro atoms. The molecule has 1 aliphatic heterocycles. The Hall–Kier alpha value is -2.54. The van der Waals surface area contributed by atoms with Crippen LogP contribution in [0.25, 0.3) is 27.8 Å². The summed E-state index contributed by atoms with van der Waals surface area (Å²) in [5.74, 6) is 0.298. The molecular weight excluding hydrogens is 459 g/mol. The van der Waals surface area contributed by atoms with E-state index in [0.29, 0.717) is 58.3 Å². The topological polar surface area (TPSA) is 71.2 Å². The van der Waals surface area contributed by atoms with E-state index in [1.165, 1.54) is 0 Å². The molecular formula is C22H17Cl3N4O2. The van der Waals surface area contributed by atoms with Crippen molar-refractivity contribution in [1.82, 2.24) is 14.5 Å². The third-order valence-corrected chi connectivity index (χ3v) is 6.63. The minimum absolute atomic E-state index is 0.332. The van der Waals surface area contributed by atoms with Crippen LogP contribution in [-0.4, -0.2) is 38.7 Å². The minimum atomic E-state index is -0.749. The Bertz CT molecular complexity index is 1330. The predicted molar refractivity (Wildman–Crippen MR) is 124 cm³/mol. The molecule has 1 saturated heterocycles. The summed E-state index contributed by atoms with van der Waals surface area (Å²) in [6.07, 6.45) is 1.12. The minimum Gasteiger partial charge on any atom is -0.481 e. The van der Waals surface area contributed by atoms with Crippen molar-refractivity contribution < 1.29 is 9.90 Å². The Morgan fingerprint density at radius 1 is 0.935 bits per heavy atom. The first-order valence-electron chi connectivity index (χ1n) is 9.82. The molecule has 0 aliphatic carbocycles. The van der Waals surface area contributed by atoms with Crippen molar-refractivity contribution in [2.45, 2.75) is 12.8 Å². The van der Waals surface area contributed by atoms with Gasteiger partial charge in [0.2, 0.25) is 5.95 Å². The van der Waals surface area contributed by atoms with Crippen LogP contribution in [0.5, 0.6) is 0 Å². The number of piperidine rings is 1. The molecule has 0 amide bonds. The highest BCUT2D eigenvalue weighted by Gasteiger charge is 2.28. The van der Waals surface area contributed by atoms with E-state index in [2.05, 4.69) is 4.90 Å². The number of rotatable bonds is 3. The number of carboxylic acids is 1. The smallest absolute Gasteiger partial charge is 0.306 e. The van der Waals surface area contributed by atoms with Gasteiger partial charge in [-0.25, -0.2) is 9.97 Å². The van der Waals surface area contributed by atoms with Crippen LogP contribution in [-0.2, 0) is 4.79 Å². The van der Waals surface area contributed by atoms with E-state index in [0.717, 1.165) is 16.4 Å². The zero-order valence-electron chi connectivity index (χ0n) is 16.2. The van der Waals surface area contributed by atoms with E-state index >= 15 is 0 Å². The highest BCUT2D eigenvalue weighted by Crippen LogP contribution is 2.34. The van der Waals surface area contributed by atoms with Crippen molar-refractivity contribution in [3.63, 3.8) is 0 Å². The normalized spacial score (nSPS) is 15.1. The van der Waals surface area contributed by atoms with Crippen molar-refractivity contribution in [3.05, 3.63) is 57.5 Å². The monoisotopic (exact) mass is 474 g/mol. The molecule has 31 heavy (non-hydrogen) atoms. The largest absolute Gasteiger partial charge is 0.481 e. The summed E-state index contributed by atoms with van der Waals surface area (Å²) in [6, 6.07) is 13.0. The summed E-state index contributed by atoms with van der Waals surface area (Å²) in [7, 11) is 0. The van der Waals surface area contributed by atoms with Crippen LogP contribution < -0.4 is 4.90 Å². The van der Waals surface area contributed by atoms with Gasteiger partial charge in [-0.05, 0) is 55.3 Å². The third kappa shape index (κ3) is 3.69. The number of benzene rings is 2. The average Bonchev–Trinajstić information content (AvgIpc) is 3.12. The summed E-state index contributed by atoms with van der Waals surface area (Å²) < 4.78 is 1.95. The number of pyridine rings is 1. The number of aliphatic carboxylic acids is 1. The fourth-order valence-electron chi connectivity index (χ4n) is 4.03. The van der Waals surface area contributed by atoms with Crippen LogP contribution in [0.4, 0.5) is 5.95 Å². The molecule has 0 radical (unpaired) electrons. The third-order valence-electron chi connectivity index (χ3n) is 5.67. The molecule has 0 unspecified atom stereocenters. The van der Waals surface area contributed by atoms with E-state index < -0.39 is 5.97 Å². The molecule has 5 rings (SSSR count). The lowest BCUT2D eigenvalue weighted by atomic mass is 9.97. The molecule has 3 heterocycles. The van der Waals surface area contributed by atoms with Gasteiger partial charge in [0.15, 0.2) is 0 Å². The molecule has 2 aromatic heterocycles. The van der Waals surface area contributed by atoms with Crippen molar-refractivity contribution in [2.24, 2.45) is 5.92 Å². The molecule has 1 fully saturated rings. The van der Waals surface area contributed by atoms with Gasteiger partial charge in [0.05, 0.1) is 32.5 Å². The van der Waals surface area contributed by atoms with E-state index in [1.54, 1.807) is 18.2 Å². The van der Waals surface area contributed by atoms with Crippen molar-refractivity contribution in [3.8, 4) is 5.82 Å². The zero-order valence-corrected chi connectivity index (χ0v) is 18.5. The zero-order chi connectivity index (χ0) is 21.7. The Morgan fingerprint density at radius 3 is 2.42 bits per heavy atom. The summed E-state index contributed by atoms with van der Waals surface area (Å²) in [5.41, 5.74) is 2.28. The molecule has 4 aromatic rings. The van der Waals surface area contributed by atoms with Gasteiger partial charge in [0.1, 0.15) is 5.82 Å². The molecule has 0 atom stereocenters. The van der Waals surface area contributed by atoms with Crippen LogP contribution in [0, 0.1) is 5.92 Å². The summed E-state index contributed by atoms with van der Waals surface area (Å²) in [5, 5.41) is 11.8. The van der Waals surface area contributed by atoms with Gasteiger partial charge < -0.3 is 10.0 Å². The summed E-state index contributed by atoms with van der Waals surface area (Å²) >= 11 is 18.7. The van der Waals surface area contributed by atoms with E-state index in [9.17, 15) is 9.90 Å². The lowest BCUT2D eigenvalue weighted by molar-refractivity contribution is -0.142. The molecule has 6 nitrogen and oxygen atoms in total. The average molecular weight is 476 g/mol. The van der Waals surface area contributed by atoms with Gasteiger partial charge in [-0.15, -0.1) is 0 Å². The second-order valence-corrected chi connectivity index (χ2v) is 8.86. The van der Waals surface area contributed by atoms with E-state index in [-0.39, 0.29) is 5.92 Å². The maximum Gasteiger partial charge on any atom is 0.306 e. The first-order valence-corrected chi connectivity index (χ1v) is 11.0. The van der Waals surface area contributed by atoms with E-state index in [1.807, 2.05) is 28.8 Å². The molecule has 2 aromatic carbocycles. The predicted octanol–water partition coefficient (Wildman–Crippen LogP) is 5.83. The molecule has 158 valence electrons. The number of nitrogens with zero attached hydrogens (tertiary/aromatic N) is 4. The number of carboxylic acid groups (broad SMARTS) is 1. The van der Waals surface area contributed by atoms with Crippen LogP contribution in [0.2, 0.25) is 15.1 Å². The number of hydrogen-bond donors (Lipinski definition) is 1. The maximum absolute atomic E-state index is 11.4. The van der Waals surface area contributed by atoms with Gasteiger partial charge >= 0.3 is 5.97 Å². The Kier molecular flexibility index (Phi) is 5.16. The lowest BCUT2D eigenvalue weighted by Gasteiger charge is -2.31. The summed E-state index contributed by atoms with van der Waals surface area (Å²) in [4.78, 5) is 23.1. The van der Waals surface area contributed by atoms with Gasteiger partial charge in [-0.1, -0.05) is 34.8 Å². The summed E-state index contributed by atoms with van der Waals surface area (Å²) in [6.45, 7) is 1.18. The molecule has 0 bridgehead atoms. The van der Waals surface area contributed by atoms with Gasteiger partial charge in [-0.3, -0.25) is 9.36 Å². The number of fused-ring (bicyclic) bond motifs is 2. The maximum atomic E-state index is 11.4. The van der Waals surface area contributed by atoms with Crippen molar-refractivity contribution in [1.29, 1.82) is 0 Å². The van der Waals surface area contributed by atoms with Crippen molar-refractivity contribution in [2.75, 3.05) is 18.0 Å². The Balaban J connectivity index is 1.67. The standard InChI is InChI=1S/C22H17Cl3N4O2/c23-14-2-3-17-13(9-14)1-4-20(26-17)29-19-11-16(25)15(24)10-18(19)27-22(29)28-7-5-12(6-8-28)21(30)31/h1-4,9-12H,5-8H2,(H,30,31). The van der Waals surface area contributed by atoms with Crippen LogP contribution in [0.3, 0.4) is 0 Å². The second-order valence-electron chi connectivity index (χ2n) is 7.61. The lowest BCUT2D eigenvalue weighted by Crippen LogP contribution is -2.37. The van der Waals surface area contributed by atoms with Crippen molar-refractivity contribution >= 4 is 68.7 Å². The van der Waals surface area contributed by atoms with Gasteiger partial charge in [-0.2, -0.15) is 0 Å². The number of hydrogen-bond acceptors (Lipinski definition) is 4. The van der Waals surface area contributed by atoms with Crippen LogP contribution >= 0.6 is 34.8 Å². The highest BCUT2D eigenvalue weighted by molar-refractivity contribution is 6.42. The molecule has 1 N–H and O–H groups in total. The fraction of sp³-hybridized carbons (Fsp3) is 0.227.